The average Bonchev–Trinajstić information content (AvgIpc) is 2.42. The fraction of sp³-hybridized carbons (Fsp3) is 0.444. The number of hydrogen-bond donors (Lipinski definition) is 1. The highest BCUT2D eigenvalue weighted by Gasteiger charge is 2.21. The maximum absolute atomic E-state index is 11.6. The Morgan fingerprint density at radius 2 is 1.68 bits per heavy atom. The number of allylic oxidation sites excluding steroid dienone is 7. The van der Waals surface area contributed by atoms with E-state index in [2.05, 4.69) is 5.32 Å². The summed E-state index contributed by atoms with van der Waals surface area (Å²) in [4.78, 5) is 22.5. The van der Waals surface area contributed by atoms with Crippen molar-refractivity contribution < 1.29 is 14.3 Å². The summed E-state index contributed by atoms with van der Waals surface area (Å²) < 4.78 is 5.09. The smallest absolute Gasteiger partial charge is 0.303 e. The molecule has 0 aromatic heterocycles. The first-order chi connectivity index (χ1) is 10.4. The summed E-state index contributed by atoms with van der Waals surface area (Å²) in [5.41, 5.74) is -0.697. The van der Waals surface area contributed by atoms with Gasteiger partial charge in [-0.15, -0.1) is 0 Å². The van der Waals surface area contributed by atoms with Gasteiger partial charge in [-0.25, -0.2) is 0 Å². The first-order valence-corrected chi connectivity index (χ1v) is 7.46. The number of esters is 1. The second kappa shape index (κ2) is 11.5. The summed E-state index contributed by atoms with van der Waals surface area (Å²) in [6.45, 7) is 7.11. The van der Waals surface area contributed by atoms with Gasteiger partial charge in [0.2, 0.25) is 5.91 Å². The first-order valence-electron chi connectivity index (χ1n) is 7.46. The zero-order chi connectivity index (χ0) is 16.8. The van der Waals surface area contributed by atoms with Gasteiger partial charge >= 0.3 is 5.97 Å². The molecule has 0 aliphatic heterocycles. The Morgan fingerprint density at radius 1 is 1.05 bits per heavy atom. The predicted molar refractivity (Wildman–Crippen MR) is 90.3 cm³/mol. The number of nitrogens with one attached hydrogen (secondary N) is 1. The van der Waals surface area contributed by atoms with E-state index < -0.39 is 5.60 Å². The van der Waals surface area contributed by atoms with Crippen molar-refractivity contribution in [2.24, 2.45) is 0 Å². The monoisotopic (exact) mass is 305 g/mol. The molecule has 1 N–H and O–H groups in total. The third kappa shape index (κ3) is 12.9. The summed E-state index contributed by atoms with van der Waals surface area (Å²) in [5.74, 6) is -0.540. The molecule has 0 bridgehead atoms. The van der Waals surface area contributed by atoms with Crippen LogP contribution in [0.25, 0.3) is 0 Å². The lowest BCUT2D eigenvalue weighted by Crippen LogP contribution is -2.40. The van der Waals surface area contributed by atoms with Gasteiger partial charge in [0.15, 0.2) is 0 Å². The summed E-state index contributed by atoms with van der Waals surface area (Å²) in [6, 6.07) is 0. The van der Waals surface area contributed by atoms with Crippen LogP contribution in [-0.4, -0.2) is 24.0 Å². The zero-order valence-electron chi connectivity index (χ0n) is 14.0. The lowest BCUT2D eigenvalue weighted by molar-refractivity contribution is -0.153. The summed E-state index contributed by atoms with van der Waals surface area (Å²) in [7, 11) is 0. The molecule has 0 atom stereocenters. The van der Waals surface area contributed by atoms with Crippen molar-refractivity contribution >= 4 is 11.9 Å². The Bertz CT molecular complexity index is 457. The van der Waals surface area contributed by atoms with E-state index in [0.29, 0.717) is 0 Å². The van der Waals surface area contributed by atoms with Crippen molar-refractivity contribution in [2.45, 2.75) is 46.1 Å². The van der Waals surface area contributed by atoms with Crippen LogP contribution in [-0.2, 0) is 14.3 Å². The van der Waals surface area contributed by atoms with Gasteiger partial charge in [-0.2, -0.15) is 0 Å². The molecule has 0 radical (unpaired) electrons. The van der Waals surface area contributed by atoms with Crippen molar-refractivity contribution in [1.82, 2.24) is 5.32 Å². The van der Waals surface area contributed by atoms with Crippen LogP contribution in [0.5, 0.6) is 0 Å². The predicted octanol–water partition coefficient (Wildman–Crippen LogP) is 3.47. The van der Waals surface area contributed by atoms with Crippen molar-refractivity contribution in [3.05, 3.63) is 48.6 Å². The van der Waals surface area contributed by atoms with Crippen molar-refractivity contribution in [3.8, 4) is 0 Å². The minimum Gasteiger partial charge on any atom is -0.458 e. The fourth-order valence-electron chi connectivity index (χ4n) is 1.58. The molecule has 0 aromatic rings. The SMILES string of the molecule is C/C=C/C=C/C=C\CC/C=C/C(=O)NCC(C)(C)OC(C)=O. The summed E-state index contributed by atoms with van der Waals surface area (Å²) in [5, 5.41) is 2.71. The molecular formula is C18H27NO3. The quantitative estimate of drug-likeness (QED) is 0.307. The first kappa shape index (κ1) is 19.9. The van der Waals surface area contributed by atoms with Crippen LogP contribution in [0.1, 0.15) is 40.5 Å². The Kier molecular flexibility index (Phi) is 10.4. The Labute approximate surface area is 133 Å². The molecule has 122 valence electrons. The van der Waals surface area contributed by atoms with E-state index in [0.717, 1.165) is 12.8 Å². The minimum atomic E-state index is -0.697. The third-order valence-corrected chi connectivity index (χ3v) is 2.54. The normalized spacial score (nSPS) is 12.7. The van der Waals surface area contributed by atoms with E-state index in [1.165, 1.54) is 13.0 Å². The Balaban J connectivity index is 3.90. The number of hydrogen-bond acceptors (Lipinski definition) is 3. The van der Waals surface area contributed by atoms with E-state index in [1.54, 1.807) is 13.8 Å². The largest absolute Gasteiger partial charge is 0.458 e. The molecule has 0 aromatic carbocycles. The lowest BCUT2D eigenvalue weighted by Gasteiger charge is -2.24. The molecule has 0 heterocycles. The fourth-order valence-corrected chi connectivity index (χ4v) is 1.58. The van der Waals surface area contributed by atoms with E-state index >= 15 is 0 Å². The van der Waals surface area contributed by atoms with Gasteiger partial charge in [0.25, 0.3) is 0 Å². The average molecular weight is 305 g/mol. The maximum atomic E-state index is 11.6. The number of rotatable bonds is 9. The van der Waals surface area contributed by atoms with Gasteiger partial charge in [0.1, 0.15) is 5.60 Å². The molecule has 4 nitrogen and oxygen atoms in total. The molecule has 0 aliphatic carbocycles. The van der Waals surface area contributed by atoms with Gasteiger partial charge in [0.05, 0.1) is 6.54 Å². The van der Waals surface area contributed by atoms with Crippen LogP contribution < -0.4 is 5.32 Å². The second-order valence-electron chi connectivity index (χ2n) is 5.39. The maximum Gasteiger partial charge on any atom is 0.303 e. The molecular weight excluding hydrogens is 278 g/mol. The molecule has 0 fully saturated rings. The molecule has 0 unspecified atom stereocenters. The van der Waals surface area contributed by atoms with Crippen molar-refractivity contribution in [1.29, 1.82) is 0 Å². The summed E-state index contributed by atoms with van der Waals surface area (Å²) >= 11 is 0. The van der Waals surface area contributed by atoms with Crippen LogP contribution in [0.2, 0.25) is 0 Å². The molecule has 0 saturated heterocycles. The van der Waals surface area contributed by atoms with Gasteiger partial charge in [0, 0.05) is 6.92 Å². The van der Waals surface area contributed by atoms with Crippen LogP contribution in [0.3, 0.4) is 0 Å². The number of amides is 1. The topological polar surface area (TPSA) is 55.4 Å². The Hall–Kier alpha value is -2.10. The molecule has 4 heteroatoms. The van der Waals surface area contributed by atoms with Crippen LogP contribution >= 0.6 is 0 Å². The van der Waals surface area contributed by atoms with E-state index in [1.807, 2.05) is 49.5 Å². The molecule has 0 spiro atoms. The number of carbonyl (C=O) groups excluding carboxylic acids is 2. The van der Waals surface area contributed by atoms with E-state index in [4.69, 9.17) is 4.74 Å². The van der Waals surface area contributed by atoms with Gasteiger partial charge in [-0.05, 0) is 39.7 Å². The summed E-state index contributed by atoms with van der Waals surface area (Å²) in [6.07, 6.45) is 16.9. The number of carbonyl (C=O) groups is 2. The lowest BCUT2D eigenvalue weighted by atomic mass is 10.1. The Morgan fingerprint density at radius 3 is 2.32 bits per heavy atom. The molecule has 0 rings (SSSR count). The highest BCUT2D eigenvalue weighted by Crippen LogP contribution is 2.07. The van der Waals surface area contributed by atoms with Crippen molar-refractivity contribution in [3.63, 3.8) is 0 Å². The van der Waals surface area contributed by atoms with E-state index in [9.17, 15) is 9.59 Å². The van der Waals surface area contributed by atoms with Gasteiger partial charge in [-0.3, -0.25) is 9.59 Å². The molecule has 22 heavy (non-hydrogen) atoms. The highest BCUT2D eigenvalue weighted by molar-refractivity contribution is 5.87. The molecule has 0 aliphatic rings. The van der Waals surface area contributed by atoms with Gasteiger partial charge in [-0.1, -0.05) is 42.5 Å². The number of unbranched alkanes of at least 4 members (excludes halogenated alkanes) is 1. The second-order valence-corrected chi connectivity index (χ2v) is 5.39. The zero-order valence-corrected chi connectivity index (χ0v) is 14.0. The van der Waals surface area contributed by atoms with E-state index in [-0.39, 0.29) is 18.4 Å². The van der Waals surface area contributed by atoms with Crippen LogP contribution in [0, 0.1) is 0 Å². The highest BCUT2D eigenvalue weighted by atomic mass is 16.6. The standard InChI is InChI=1S/C18H27NO3/c1-5-6-7-8-9-10-11-12-13-14-17(21)19-15-18(3,4)22-16(2)20/h5-10,13-14H,11-12,15H2,1-4H3,(H,19,21)/b6-5+,8-7+,10-9-,14-13+. The van der Waals surface area contributed by atoms with Crippen LogP contribution in [0.15, 0.2) is 48.6 Å². The minimum absolute atomic E-state index is 0.183. The van der Waals surface area contributed by atoms with Crippen molar-refractivity contribution in [2.75, 3.05) is 6.54 Å². The molecule has 0 saturated carbocycles. The third-order valence-electron chi connectivity index (χ3n) is 2.54. The number of ether oxygens (including phenoxy) is 1. The molecule has 1 amide bonds. The van der Waals surface area contributed by atoms with Gasteiger partial charge < -0.3 is 10.1 Å². The van der Waals surface area contributed by atoms with Crippen LogP contribution in [0.4, 0.5) is 0 Å².